The van der Waals surface area contributed by atoms with Crippen LogP contribution in [0.3, 0.4) is 0 Å². The van der Waals surface area contributed by atoms with Crippen molar-refractivity contribution in [2.24, 2.45) is 5.92 Å². The minimum atomic E-state index is 0.771. The zero-order chi connectivity index (χ0) is 10.4. The molecule has 0 unspecified atom stereocenters. The first-order valence-electron chi connectivity index (χ1n) is 5.13. The average molecular weight is 212 g/mol. The molecule has 1 N–H and O–H groups in total. The Labute approximate surface area is 91.5 Å². The summed E-state index contributed by atoms with van der Waals surface area (Å²) in [5.41, 5.74) is 1.29. The van der Waals surface area contributed by atoms with Crippen LogP contribution in [-0.4, -0.2) is 6.54 Å². The van der Waals surface area contributed by atoms with Crippen LogP contribution in [0.5, 0.6) is 0 Å². The summed E-state index contributed by atoms with van der Waals surface area (Å²) in [6.45, 7) is 6.50. The molecule has 0 radical (unpaired) electrons. The number of hydrogen-bond acceptors (Lipinski definition) is 1. The van der Waals surface area contributed by atoms with Gasteiger partial charge in [-0.05, 0) is 36.6 Å². The van der Waals surface area contributed by atoms with E-state index in [4.69, 9.17) is 11.6 Å². The molecule has 1 nitrogen and oxygen atoms in total. The second-order valence-corrected chi connectivity index (χ2v) is 4.42. The molecule has 0 amide bonds. The minimum Gasteiger partial charge on any atom is -0.313 e. The fourth-order valence-corrected chi connectivity index (χ4v) is 1.35. The maximum absolute atomic E-state index is 5.79. The Bertz CT molecular complexity index is 254. The molecule has 0 aliphatic rings. The molecule has 1 rings (SSSR count). The zero-order valence-electron chi connectivity index (χ0n) is 8.89. The van der Waals surface area contributed by atoms with E-state index in [-0.39, 0.29) is 0 Å². The SMILES string of the molecule is CC(C)CCNCc1ccc(Cl)cc1. The van der Waals surface area contributed by atoms with Crippen molar-refractivity contribution < 1.29 is 0 Å². The predicted octanol–water partition coefficient (Wildman–Crippen LogP) is 3.48. The van der Waals surface area contributed by atoms with Gasteiger partial charge in [-0.3, -0.25) is 0 Å². The quantitative estimate of drug-likeness (QED) is 0.736. The molecule has 0 saturated carbocycles. The van der Waals surface area contributed by atoms with Crippen LogP contribution in [0, 0.1) is 5.92 Å². The van der Waals surface area contributed by atoms with Crippen LogP contribution in [-0.2, 0) is 6.54 Å². The molecular weight excluding hydrogens is 194 g/mol. The summed E-state index contributed by atoms with van der Waals surface area (Å²) < 4.78 is 0. The molecular formula is C12H18ClN. The number of nitrogens with one attached hydrogen (secondary N) is 1. The van der Waals surface area contributed by atoms with Gasteiger partial charge in [0.05, 0.1) is 0 Å². The van der Waals surface area contributed by atoms with Crippen LogP contribution in [0.2, 0.25) is 5.02 Å². The minimum absolute atomic E-state index is 0.771. The van der Waals surface area contributed by atoms with Gasteiger partial charge in [-0.1, -0.05) is 37.6 Å². The van der Waals surface area contributed by atoms with Crippen molar-refractivity contribution in [3.8, 4) is 0 Å². The lowest BCUT2D eigenvalue weighted by Crippen LogP contribution is -2.16. The Morgan fingerprint density at radius 1 is 1.21 bits per heavy atom. The smallest absolute Gasteiger partial charge is 0.0406 e. The molecule has 0 bridgehead atoms. The van der Waals surface area contributed by atoms with Gasteiger partial charge in [0.1, 0.15) is 0 Å². The first kappa shape index (κ1) is 11.5. The van der Waals surface area contributed by atoms with Crippen LogP contribution in [0.15, 0.2) is 24.3 Å². The van der Waals surface area contributed by atoms with E-state index in [1.54, 1.807) is 0 Å². The number of hydrogen-bond donors (Lipinski definition) is 1. The summed E-state index contributed by atoms with van der Waals surface area (Å²) in [5, 5.41) is 4.21. The monoisotopic (exact) mass is 211 g/mol. The fraction of sp³-hybridized carbons (Fsp3) is 0.500. The first-order valence-corrected chi connectivity index (χ1v) is 5.51. The molecule has 14 heavy (non-hydrogen) atoms. The Balaban J connectivity index is 2.21. The van der Waals surface area contributed by atoms with E-state index in [2.05, 4.69) is 31.3 Å². The molecule has 1 aromatic carbocycles. The van der Waals surface area contributed by atoms with Gasteiger partial charge < -0.3 is 5.32 Å². The van der Waals surface area contributed by atoms with Gasteiger partial charge in [-0.15, -0.1) is 0 Å². The highest BCUT2D eigenvalue weighted by atomic mass is 35.5. The second kappa shape index (κ2) is 6.05. The van der Waals surface area contributed by atoms with Crippen LogP contribution >= 0.6 is 11.6 Å². The Morgan fingerprint density at radius 2 is 1.86 bits per heavy atom. The van der Waals surface area contributed by atoms with E-state index in [1.165, 1.54) is 12.0 Å². The van der Waals surface area contributed by atoms with Crippen molar-refractivity contribution in [2.45, 2.75) is 26.8 Å². The highest BCUT2D eigenvalue weighted by Crippen LogP contribution is 2.09. The first-order chi connectivity index (χ1) is 6.68. The molecule has 0 heterocycles. The molecule has 78 valence electrons. The third-order valence-corrected chi connectivity index (χ3v) is 2.39. The van der Waals surface area contributed by atoms with E-state index in [0.29, 0.717) is 0 Å². The normalized spacial score (nSPS) is 10.9. The lowest BCUT2D eigenvalue weighted by molar-refractivity contribution is 0.537. The van der Waals surface area contributed by atoms with Gasteiger partial charge >= 0.3 is 0 Å². The molecule has 0 atom stereocenters. The lowest BCUT2D eigenvalue weighted by Gasteiger charge is -2.06. The summed E-state index contributed by atoms with van der Waals surface area (Å²) in [6, 6.07) is 7.98. The largest absolute Gasteiger partial charge is 0.313 e. The van der Waals surface area contributed by atoms with Crippen LogP contribution < -0.4 is 5.32 Å². The van der Waals surface area contributed by atoms with E-state index in [0.717, 1.165) is 24.0 Å². The average Bonchev–Trinajstić information content (AvgIpc) is 2.15. The standard InChI is InChI=1S/C12H18ClN/c1-10(2)7-8-14-9-11-3-5-12(13)6-4-11/h3-6,10,14H,7-9H2,1-2H3. The maximum Gasteiger partial charge on any atom is 0.0406 e. The van der Waals surface area contributed by atoms with Crippen molar-refractivity contribution in [3.05, 3.63) is 34.9 Å². The van der Waals surface area contributed by atoms with Gasteiger partial charge in [-0.2, -0.15) is 0 Å². The molecule has 0 spiro atoms. The second-order valence-electron chi connectivity index (χ2n) is 3.99. The molecule has 0 aromatic heterocycles. The van der Waals surface area contributed by atoms with Crippen LogP contribution in [0.25, 0.3) is 0 Å². The molecule has 0 fully saturated rings. The number of rotatable bonds is 5. The topological polar surface area (TPSA) is 12.0 Å². The molecule has 1 aromatic rings. The zero-order valence-corrected chi connectivity index (χ0v) is 9.64. The van der Waals surface area contributed by atoms with Crippen LogP contribution in [0.1, 0.15) is 25.8 Å². The fourth-order valence-electron chi connectivity index (χ4n) is 1.23. The molecule has 2 heteroatoms. The van der Waals surface area contributed by atoms with Crippen molar-refractivity contribution in [3.63, 3.8) is 0 Å². The van der Waals surface area contributed by atoms with E-state index >= 15 is 0 Å². The summed E-state index contributed by atoms with van der Waals surface area (Å²) in [7, 11) is 0. The molecule has 0 aliphatic heterocycles. The van der Waals surface area contributed by atoms with Crippen molar-refractivity contribution >= 4 is 11.6 Å². The van der Waals surface area contributed by atoms with Crippen molar-refractivity contribution in [2.75, 3.05) is 6.54 Å². The van der Waals surface area contributed by atoms with Gasteiger partial charge in [0.25, 0.3) is 0 Å². The van der Waals surface area contributed by atoms with E-state index < -0.39 is 0 Å². The highest BCUT2D eigenvalue weighted by Gasteiger charge is 1.94. The van der Waals surface area contributed by atoms with Gasteiger partial charge in [-0.25, -0.2) is 0 Å². The highest BCUT2D eigenvalue weighted by molar-refractivity contribution is 6.30. The molecule has 0 saturated heterocycles. The third-order valence-electron chi connectivity index (χ3n) is 2.14. The summed E-state index contributed by atoms with van der Waals surface area (Å²) in [6.07, 6.45) is 1.23. The summed E-state index contributed by atoms with van der Waals surface area (Å²) in [4.78, 5) is 0. The third kappa shape index (κ3) is 4.64. The Morgan fingerprint density at radius 3 is 2.43 bits per heavy atom. The number of halogens is 1. The maximum atomic E-state index is 5.79. The van der Waals surface area contributed by atoms with Crippen LogP contribution in [0.4, 0.5) is 0 Å². The van der Waals surface area contributed by atoms with Gasteiger partial charge in [0.2, 0.25) is 0 Å². The number of benzene rings is 1. The Hall–Kier alpha value is -0.530. The predicted molar refractivity (Wildman–Crippen MR) is 62.6 cm³/mol. The van der Waals surface area contributed by atoms with E-state index in [1.807, 2.05) is 12.1 Å². The lowest BCUT2D eigenvalue weighted by atomic mass is 10.1. The van der Waals surface area contributed by atoms with Gasteiger partial charge in [0, 0.05) is 11.6 Å². The Kier molecular flexibility index (Phi) is 4.99. The van der Waals surface area contributed by atoms with Gasteiger partial charge in [0.15, 0.2) is 0 Å². The summed E-state index contributed by atoms with van der Waals surface area (Å²) in [5.74, 6) is 0.771. The van der Waals surface area contributed by atoms with Crippen molar-refractivity contribution in [1.29, 1.82) is 0 Å². The van der Waals surface area contributed by atoms with E-state index in [9.17, 15) is 0 Å². The summed E-state index contributed by atoms with van der Waals surface area (Å²) >= 11 is 5.79. The molecule has 0 aliphatic carbocycles. The van der Waals surface area contributed by atoms with Crippen molar-refractivity contribution in [1.82, 2.24) is 5.32 Å².